The molecule has 0 saturated carbocycles. The van der Waals surface area contributed by atoms with Crippen molar-refractivity contribution in [1.29, 1.82) is 0 Å². The number of rotatable bonds is 5. The number of benzene rings is 1. The summed E-state index contributed by atoms with van der Waals surface area (Å²) in [6.45, 7) is 5.49. The van der Waals surface area contributed by atoms with Crippen molar-refractivity contribution in [2.75, 3.05) is 19.7 Å². The van der Waals surface area contributed by atoms with Crippen molar-refractivity contribution in [3.63, 3.8) is 0 Å². The van der Waals surface area contributed by atoms with E-state index in [-0.39, 0.29) is 22.6 Å². The molecule has 5 nitrogen and oxygen atoms in total. The van der Waals surface area contributed by atoms with Crippen LogP contribution in [-0.2, 0) is 9.53 Å². The predicted octanol–water partition coefficient (Wildman–Crippen LogP) is 3.14. The van der Waals surface area contributed by atoms with Crippen molar-refractivity contribution in [3.05, 3.63) is 33.8 Å². The Kier molecular flexibility index (Phi) is 6.90. The van der Waals surface area contributed by atoms with E-state index in [0.717, 1.165) is 12.8 Å². The third-order valence-electron chi connectivity index (χ3n) is 4.01. The van der Waals surface area contributed by atoms with Crippen molar-refractivity contribution in [2.45, 2.75) is 38.8 Å². The average Bonchev–Trinajstić information content (AvgIpc) is 2.57. The topological polar surface area (TPSA) is 58.6 Å². The number of carbonyl (C=O) groups excluding carboxylic acids is 2. The molecular weight excluding hydrogens is 351 g/mol. The summed E-state index contributed by atoms with van der Waals surface area (Å²) in [4.78, 5) is 26.6. The number of likely N-dealkylation sites (tertiary alicyclic amines) is 1. The quantitative estimate of drug-likeness (QED) is 0.863. The minimum Gasteiger partial charge on any atom is -0.377 e. The molecule has 1 N–H and O–H groups in total. The zero-order valence-corrected chi connectivity index (χ0v) is 15.4. The van der Waals surface area contributed by atoms with E-state index in [1.54, 1.807) is 30.0 Å². The van der Waals surface area contributed by atoms with Gasteiger partial charge in [0, 0.05) is 19.7 Å². The molecule has 132 valence electrons. The van der Waals surface area contributed by atoms with E-state index >= 15 is 0 Å². The van der Waals surface area contributed by atoms with Crippen molar-refractivity contribution in [3.8, 4) is 0 Å². The molecule has 0 bridgehead atoms. The van der Waals surface area contributed by atoms with E-state index in [9.17, 15) is 9.59 Å². The minimum atomic E-state index is -0.645. The molecule has 2 amide bonds. The summed E-state index contributed by atoms with van der Waals surface area (Å²) in [5, 5.41) is 3.18. The molecule has 1 aliphatic heterocycles. The molecule has 0 radical (unpaired) electrons. The van der Waals surface area contributed by atoms with Gasteiger partial charge in [0.1, 0.15) is 6.04 Å². The fourth-order valence-electron chi connectivity index (χ4n) is 2.80. The third-order valence-corrected chi connectivity index (χ3v) is 4.83. The second-order valence-corrected chi connectivity index (χ2v) is 6.59. The maximum absolute atomic E-state index is 12.6. The first-order valence-corrected chi connectivity index (χ1v) is 8.84. The number of amides is 2. The molecule has 0 aromatic heterocycles. The zero-order valence-electron chi connectivity index (χ0n) is 13.9. The van der Waals surface area contributed by atoms with Gasteiger partial charge in [0.05, 0.1) is 21.7 Å². The number of piperidine rings is 1. The highest BCUT2D eigenvalue weighted by molar-refractivity contribution is 6.43. The summed E-state index contributed by atoms with van der Waals surface area (Å²) in [6.07, 6.45) is 1.92. The van der Waals surface area contributed by atoms with Gasteiger partial charge in [-0.25, -0.2) is 0 Å². The van der Waals surface area contributed by atoms with Gasteiger partial charge in [-0.2, -0.15) is 0 Å². The van der Waals surface area contributed by atoms with Crippen LogP contribution in [0.5, 0.6) is 0 Å². The molecule has 0 aliphatic carbocycles. The summed E-state index contributed by atoms with van der Waals surface area (Å²) in [7, 11) is 0. The molecular formula is C17H22Cl2N2O3. The van der Waals surface area contributed by atoms with E-state index in [2.05, 4.69) is 5.32 Å². The van der Waals surface area contributed by atoms with E-state index in [1.165, 1.54) is 0 Å². The number of ether oxygens (including phenoxy) is 1. The van der Waals surface area contributed by atoms with Gasteiger partial charge in [0.25, 0.3) is 5.91 Å². The first-order chi connectivity index (χ1) is 11.4. The molecule has 1 heterocycles. The number of carbonyl (C=O) groups is 2. The maximum Gasteiger partial charge on any atom is 0.253 e. The molecule has 24 heavy (non-hydrogen) atoms. The van der Waals surface area contributed by atoms with Crippen LogP contribution >= 0.6 is 23.2 Å². The van der Waals surface area contributed by atoms with Gasteiger partial charge in [-0.3, -0.25) is 9.59 Å². The Morgan fingerprint density at radius 3 is 2.88 bits per heavy atom. The standard InChI is InChI=1S/C17H22Cl2N2O3/c1-3-24-12-6-5-9-21(10-12)17(23)11(2)20-16(22)13-7-4-8-14(18)15(13)19/h4,7-8,11-12H,3,5-6,9-10H2,1-2H3,(H,20,22). The minimum absolute atomic E-state index is 0.0676. The van der Waals surface area contributed by atoms with Crippen LogP contribution in [0, 0.1) is 0 Å². The van der Waals surface area contributed by atoms with E-state index < -0.39 is 11.9 Å². The lowest BCUT2D eigenvalue weighted by molar-refractivity contribution is -0.136. The summed E-state index contributed by atoms with van der Waals surface area (Å²) in [5.41, 5.74) is 0.259. The highest BCUT2D eigenvalue weighted by Gasteiger charge is 2.28. The monoisotopic (exact) mass is 372 g/mol. The lowest BCUT2D eigenvalue weighted by Crippen LogP contribution is -2.51. The third kappa shape index (κ3) is 4.62. The van der Waals surface area contributed by atoms with E-state index in [1.807, 2.05) is 6.92 Å². The number of halogens is 2. The van der Waals surface area contributed by atoms with Crippen LogP contribution in [0.15, 0.2) is 18.2 Å². The van der Waals surface area contributed by atoms with E-state index in [0.29, 0.717) is 24.7 Å². The lowest BCUT2D eigenvalue weighted by atomic mass is 10.1. The Morgan fingerprint density at radius 1 is 1.42 bits per heavy atom. The molecule has 1 aliphatic rings. The maximum atomic E-state index is 12.6. The highest BCUT2D eigenvalue weighted by atomic mass is 35.5. The van der Waals surface area contributed by atoms with Gasteiger partial charge in [-0.05, 0) is 38.8 Å². The van der Waals surface area contributed by atoms with Crippen molar-refractivity contribution >= 4 is 35.0 Å². The Labute approximate surface area is 152 Å². The molecule has 7 heteroatoms. The fraction of sp³-hybridized carbons (Fsp3) is 0.529. The molecule has 2 rings (SSSR count). The molecule has 1 fully saturated rings. The van der Waals surface area contributed by atoms with Gasteiger partial charge >= 0.3 is 0 Å². The normalized spacial score (nSPS) is 19.0. The fourth-order valence-corrected chi connectivity index (χ4v) is 3.19. The highest BCUT2D eigenvalue weighted by Crippen LogP contribution is 2.25. The molecule has 2 unspecified atom stereocenters. The summed E-state index contributed by atoms with van der Waals surface area (Å²) < 4.78 is 5.61. The van der Waals surface area contributed by atoms with Crippen LogP contribution in [0.4, 0.5) is 0 Å². The van der Waals surface area contributed by atoms with Gasteiger partial charge in [0.15, 0.2) is 0 Å². The molecule has 1 aromatic carbocycles. The Morgan fingerprint density at radius 2 is 2.17 bits per heavy atom. The average molecular weight is 373 g/mol. The second kappa shape index (κ2) is 8.70. The van der Waals surface area contributed by atoms with Crippen LogP contribution in [0.1, 0.15) is 37.0 Å². The van der Waals surface area contributed by atoms with Crippen LogP contribution < -0.4 is 5.32 Å². The molecule has 1 aromatic rings. The van der Waals surface area contributed by atoms with Gasteiger partial charge in [0.2, 0.25) is 5.91 Å². The summed E-state index contributed by atoms with van der Waals surface area (Å²) in [5.74, 6) is -0.535. The van der Waals surface area contributed by atoms with Crippen LogP contribution in [0.3, 0.4) is 0 Å². The number of hydrogen-bond donors (Lipinski definition) is 1. The van der Waals surface area contributed by atoms with Crippen molar-refractivity contribution < 1.29 is 14.3 Å². The largest absolute Gasteiger partial charge is 0.377 e. The second-order valence-electron chi connectivity index (χ2n) is 5.80. The summed E-state index contributed by atoms with van der Waals surface area (Å²) in [6, 6.07) is 4.18. The number of nitrogens with zero attached hydrogens (tertiary/aromatic N) is 1. The first kappa shape index (κ1) is 19.0. The molecule has 1 saturated heterocycles. The zero-order chi connectivity index (χ0) is 17.7. The smallest absolute Gasteiger partial charge is 0.253 e. The SMILES string of the molecule is CCOC1CCCN(C(=O)C(C)NC(=O)c2cccc(Cl)c2Cl)C1. The van der Waals surface area contributed by atoms with Crippen LogP contribution in [-0.4, -0.2) is 48.6 Å². The van der Waals surface area contributed by atoms with Gasteiger partial charge < -0.3 is 15.0 Å². The summed E-state index contributed by atoms with van der Waals surface area (Å²) >= 11 is 12.0. The predicted molar refractivity (Wildman–Crippen MR) is 94.6 cm³/mol. The van der Waals surface area contributed by atoms with Crippen LogP contribution in [0.2, 0.25) is 10.0 Å². The Balaban J connectivity index is 1.98. The molecule has 2 atom stereocenters. The lowest BCUT2D eigenvalue weighted by Gasteiger charge is -2.34. The number of nitrogens with one attached hydrogen (secondary N) is 1. The Bertz CT molecular complexity index is 607. The Hall–Kier alpha value is -1.30. The van der Waals surface area contributed by atoms with Crippen molar-refractivity contribution in [1.82, 2.24) is 10.2 Å². The van der Waals surface area contributed by atoms with Gasteiger partial charge in [-0.1, -0.05) is 29.3 Å². The van der Waals surface area contributed by atoms with E-state index in [4.69, 9.17) is 27.9 Å². The number of hydrogen-bond acceptors (Lipinski definition) is 3. The van der Waals surface area contributed by atoms with Crippen LogP contribution in [0.25, 0.3) is 0 Å². The van der Waals surface area contributed by atoms with Gasteiger partial charge in [-0.15, -0.1) is 0 Å². The van der Waals surface area contributed by atoms with Crippen molar-refractivity contribution in [2.24, 2.45) is 0 Å². The molecule has 0 spiro atoms. The first-order valence-electron chi connectivity index (χ1n) is 8.09.